The summed E-state index contributed by atoms with van der Waals surface area (Å²) in [6.07, 6.45) is 0. The van der Waals surface area contributed by atoms with Gasteiger partial charge in [0.25, 0.3) is 5.91 Å². The lowest BCUT2D eigenvalue weighted by atomic mass is 9.95. The van der Waals surface area contributed by atoms with Crippen molar-refractivity contribution in [2.45, 2.75) is 0 Å². The molecule has 4 rings (SSSR count). The summed E-state index contributed by atoms with van der Waals surface area (Å²) in [6.45, 7) is 0. The highest BCUT2D eigenvalue weighted by Gasteiger charge is 2.25. The van der Waals surface area contributed by atoms with Gasteiger partial charge in [-0.1, -0.05) is 48.5 Å². The molecule has 8 heteroatoms. The molecule has 0 radical (unpaired) electrons. The Morgan fingerprint density at radius 1 is 0.472 bits per heavy atom. The van der Waals surface area contributed by atoms with Crippen molar-refractivity contribution in [2.24, 2.45) is 0 Å². The third-order valence-electron chi connectivity index (χ3n) is 5.53. The van der Waals surface area contributed by atoms with Crippen LogP contribution in [0, 0.1) is 0 Å². The van der Waals surface area contributed by atoms with Gasteiger partial charge in [0.05, 0.1) is 22.3 Å². The molecule has 4 aromatic carbocycles. The summed E-state index contributed by atoms with van der Waals surface area (Å²) in [5.41, 5.74) is 0.546. The Morgan fingerprint density at radius 3 is 1.28 bits per heavy atom. The van der Waals surface area contributed by atoms with E-state index in [4.69, 9.17) is 0 Å². The molecule has 1 amide bonds. The van der Waals surface area contributed by atoms with Crippen molar-refractivity contribution in [1.29, 1.82) is 0 Å². The molecule has 178 valence electrons. The van der Waals surface area contributed by atoms with Crippen LogP contribution in [-0.2, 0) is 0 Å². The lowest BCUT2D eigenvalue weighted by Gasteiger charge is -2.24. The van der Waals surface area contributed by atoms with E-state index in [1.807, 2.05) is 0 Å². The van der Waals surface area contributed by atoms with Gasteiger partial charge in [-0.2, -0.15) is 0 Å². The van der Waals surface area contributed by atoms with Gasteiger partial charge in [0, 0.05) is 11.4 Å². The number of amides is 1. The van der Waals surface area contributed by atoms with Gasteiger partial charge < -0.3 is 15.3 Å². The van der Waals surface area contributed by atoms with E-state index in [0.29, 0.717) is 22.5 Å². The van der Waals surface area contributed by atoms with Crippen LogP contribution in [-0.4, -0.2) is 39.1 Å². The van der Waals surface area contributed by atoms with Crippen molar-refractivity contribution < 1.29 is 34.5 Å². The summed E-state index contributed by atoms with van der Waals surface area (Å²) in [6, 6.07) is 25.3. The molecular weight excluding hydrogens is 462 g/mol. The molecule has 0 atom stereocenters. The Kier molecular flexibility index (Phi) is 6.60. The number of hydrogen-bond donors (Lipinski definition) is 3. The average Bonchev–Trinajstić information content (AvgIpc) is 2.89. The van der Waals surface area contributed by atoms with Crippen molar-refractivity contribution in [1.82, 2.24) is 0 Å². The topological polar surface area (TPSA) is 132 Å². The molecule has 0 aromatic heterocycles. The second-order valence-corrected chi connectivity index (χ2v) is 7.75. The SMILES string of the molecule is O=C(O)c1ccc(-c2ccc(C(=O)O)c(C(=O)N(c3ccccc3)c3ccccc3)c2)cc1C(=O)O. The number of nitrogens with zero attached hydrogens (tertiary/aromatic N) is 1. The van der Waals surface area contributed by atoms with Crippen LogP contribution in [0.5, 0.6) is 0 Å². The Labute approximate surface area is 205 Å². The lowest BCUT2D eigenvalue weighted by Crippen LogP contribution is -2.27. The maximum Gasteiger partial charge on any atom is 0.336 e. The van der Waals surface area contributed by atoms with Gasteiger partial charge in [-0.15, -0.1) is 0 Å². The van der Waals surface area contributed by atoms with Gasteiger partial charge >= 0.3 is 17.9 Å². The Morgan fingerprint density at radius 2 is 0.861 bits per heavy atom. The largest absolute Gasteiger partial charge is 0.478 e. The van der Waals surface area contributed by atoms with E-state index in [0.717, 1.165) is 6.07 Å². The van der Waals surface area contributed by atoms with Gasteiger partial charge in [-0.3, -0.25) is 9.69 Å². The number of carboxylic acid groups (broad SMARTS) is 3. The quantitative estimate of drug-likeness (QED) is 0.321. The van der Waals surface area contributed by atoms with Crippen molar-refractivity contribution in [3.63, 3.8) is 0 Å². The van der Waals surface area contributed by atoms with E-state index in [1.54, 1.807) is 60.7 Å². The molecule has 0 heterocycles. The van der Waals surface area contributed by atoms with Crippen LogP contribution in [0.1, 0.15) is 41.4 Å². The minimum atomic E-state index is -1.42. The number of carboxylic acids is 3. The second-order valence-electron chi connectivity index (χ2n) is 7.75. The fourth-order valence-corrected chi connectivity index (χ4v) is 3.83. The van der Waals surface area contributed by atoms with Crippen molar-refractivity contribution in [3.8, 4) is 11.1 Å². The zero-order valence-corrected chi connectivity index (χ0v) is 18.7. The third-order valence-corrected chi connectivity index (χ3v) is 5.53. The molecule has 4 aromatic rings. The van der Waals surface area contributed by atoms with Gasteiger partial charge in [0.2, 0.25) is 0 Å². The molecular formula is C28H19NO7. The highest BCUT2D eigenvalue weighted by Crippen LogP contribution is 2.31. The Hall–Kier alpha value is -5.24. The Bertz CT molecular complexity index is 1440. The summed E-state index contributed by atoms with van der Waals surface area (Å²) in [5.74, 6) is -4.73. The number of carbonyl (C=O) groups is 4. The molecule has 0 saturated carbocycles. The first-order valence-corrected chi connectivity index (χ1v) is 10.7. The normalized spacial score (nSPS) is 10.4. The second kappa shape index (κ2) is 9.94. The van der Waals surface area contributed by atoms with Crippen LogP contribution in [0.25, 0.3) is 11.1 Å². The van der Waals surface area contributed by atoms with Gasteiger partial charge in [-0.25, -0.2) is 14.4 Å². The molecule has 0 aliphatic rings. The summed E-state index contributed by atoms with van der Waals surface area (Å²) in [5, 5.41) is 28.6. The van der Waals surface area contributed by atoms with Gasteiger partial charge in [0.1, 0.15) is 0 Å². The fourth-order valence-electron chi connectivity index (χ4n) is 3.83. The number of rotatable bonds is 7. The van der Waals surface area contributed by atoms with E-state index in [-0.39, 0.29) is 16.7 Å². The van der Waals surface area contributed by atoms with E-state index in [1.165, 1.54) is 35.2 Å². The fraction of sp³-hybridized carbons (Fsp3) is 0. The van der Waals surface area contributed by atoms with E-state index < -0.39 is 29.4 Å². The number of benzene rings is 4. The van der Waals surface area contributed by atoms with Crippen molar-refractivity contribution in [3.05, 3.63) is 119 Å². The molecule has 0 spiro atoms. The highest BCUT2D eigenvalue weighted by atomic mass is 16.4. The van der Waals surface area contributed by atoms with Crippen LogP contribution >= 0.6 is 0 Å². The number of anilines is 2. The maximum atomic E-state index is 13.9. The zero-order valence-electron chi connectivity index (χ0n) is 18.7. The number of carbonyl (C=O) groups excluding carboxylic acids is 1. The minimum absolute atomic E-state index is 0.119. The molecule has 0 aliphatic heterocycles. The van der Waals surface area contributed by atoms with Gasteiger partial charge in [-0.05, 0) is 59.7 Å². The lowest BCUT2D eigenvalue weighted by molar-refractivity contribution is 0.0651. The summed E-state index contributed by atoms with van der Waals surface area (Å²) >= 11 is 0. The highest BCUT2D eigenvalue weighted by molar-refractivity contribution is 6.16. The molecule has 0 aliphatic carbocycles. The van der Waals surface area contributed by atoms with Crippen molar-refractivity contribution >= 4 is 35.2 Å². The standard InChI is InChI=1S/C28H19NO7/c30-25(29(19-7-3-1-4-8-19)20-9-5-2-6-10-20)23-15-17(11-13-21(23)26(31)32)18-12-14-22(27(33)34)24(16-18)28(35)36/h1-16H,(H,31,32)(H,33,34)(H,35,36). The number of para-hydroxylation sites is 2. The zero-order chi connectivity index (χ0) is 25.8. The molecule has 0 unspecified atom stereocenters. The predicted octanol–water partition coefficient (Wildman–Crippen LogP) is 5.43. The van der Waals surface area contributed by atoms with Crippen LogP contribution in [0.2, 0.25) is 0 Å². The summed E-state index contributed by atoms with van der Waals surface area (Å²) in [7, 11) is 0. The molecule has 8 nitrogen and oxygen atoms in total. The predicted molar refractivity (Wildman–Crippen MR) is 132 cm³/mol. The van der Waals surface area contributed by atoms with Crippen LogP contribution < -0.4 is 4.90 Å². The van der Waals surface area contributed by atoms with Crippen LogP contribution in [0.15, 0.2) is 97.1 Å². The summed E-state index contributed by atoms with van der Waals surface area (Å²) in [4.78, 5) is 50.3. The Balaban J connectivity index is 1.89. The summed E-state index contributed by atoms with van der Waals surface area (Å²) < 4.78 is 0. The molecule has 0 saturated heterocycles. The number of hydrogen-bond acceptors (Lipinski definition) is 4. The molecule has 36 heavy (non-hydrogen) atoms. The first kappa shape index (κ1) is 23.9. The molecule has 3 N–H and O–H groups in total. The van der Waals surface area contributed by atoms with Crippen molar-refractivity contribution in [2.75, 3.05) is 4.90 Å². The van der Waals surface area contributed by atoms with E-state index in [2.05, 4.69) is 0 Å². The third kappa shape index (κ3) is 4.69. The van der Waals surface area contributed by atoms with E-state index >= 15 is 0 Å². The van der Waals surface area contributed by atoms with Gasteiger partial charge in [0.15, 0.2) is 0 Å². The first-order chi connectivity index (χ1) is 17.3. The van der Waals surface area contributed by atoms with E-state index in [9.17, 15) is 34.5 Å². The maximum absolute atomic E-state index is 13.9. The average molecular weight is 481 g/mol. The minimum Gasteiger partial charge on any atom is -0.478 e. The first-order valence-electron chi connectivity index (χ1n) is 10.7. The van der Waals surface area contributed by atoms with Crippen LogP contribution in [0.4, 0.5) is 11.4 Å². The molecule has 0 fully saturated rings. The van der Waals surface area contributed by atoms with Crippen LogP contribution in [0.3, 0.4) is 0 Å². The number of aromatic carboxylic acids is 3. The smallest absolute Gasteiger partial charge is 0.336 e. The monoisotopic (exact) mass is 481 g/mol. The molecule has 0 bridgehead atoms.